The number of hydrogen-bond acceptors (Lipinski definition) is 3. The largest absolute Gasteiger partial charge is 0.452 e. The Bertz CT molecular complexity index is 786. The Balaban J connectivity index is 1.86. The molecule has 4 heteroatoms. The summed E-state index contributed by atoms with van der Waals surface area (Å²) >= 11 is 0. The topological polar surface area (TPSA) is 48.0 Å². The smallest absolute Gasteiger partial charge is 0.185 e. The molecule has 3 aromatic rings. The van der Waals surface area contributed by atoms with E-state index in [4.69, 9.17) is 9.52 Å². The highest BCUT2D eigenvalue weighted by Gasteiger charge is 2.14. The number of carbonyl (C=O) groups is 1. The summed E-state index contributed by atoms with van der Waals surface area (Å²) < 4.78 is 7.61. The van der Waals surface area contributed by atoms with Gasteiger partial charge in [0.1, 0.15) is 5.69 Å². The number of para-hydroxylation sites is 1. The summed E-state index contributed by atoms with van der Waals surface area (Å²) in [6, 6.07) is 11.7. The molecule has 1 aromatic carbocycles. The Morgan fingerprint density at radius 3 is 2.70 bits per heavy atom. The molecule has 0 unspecified atom stereocenters. The lowest BCUT2D eigenvalue weighted by Crippen LogP contribution is -2.00. The van der Waals surface area contributed by atoms with E-state index in [0.29, 0.717) is 11.5 Å². The van der Waals surface area contributed by atoms with Crippen LogP contribution in [0.15, 0.2) is 40.8 Å². The number of aryl methyl sites for hydroxylation is 1. The lowest BCUT2D eigenvalue weighted by molar-refractivity contribution is 0.110. The van der Waals surface area contributed by atoms with Gasteiger partial charge in [0.25, 0.3) is 0 Å². The van der Waals surface area contributed by atoms with Crippen LogP contribution < -0.4 is 0 Å². The molecule has 0 aliphatic heterocycles. The molecule has 0 N–H and O–H groups in total. The van der Waals surface area contributed by atoms with Crippen molar-refractivity contribution in [1.29, 1.82) is 0 Å². The molecule has 0 bridgehead atoms. The van der Waals surface area contributed by atoms with Crippen LogP contribution in [0.25, 0.3) is 22.4 Å². The number of fused-ring (bicyclic) bond motifs is 1. The number of aldehydes is 1. The quantitative estimate of drug-likeness (QED) is 0.430. The van der Waals surface area contributed by atoms with Crippen molar-refractivity contribution in [1.82, 2.24) is 9.78 Å². The number of nitrogens with zero attached hydrogens (tertiary/aromatic N) is 2. The molecule has 2 aromatic heterocycles. The number of hydrogen-bond donors (Lipinski definition) is 0. The summed E-state index contributed by atoms with van der Waals surface area (Å²) in [5.74, 6) is 0.978. The van der Waals surface area contributed by atoms with Gasteiger partial charge in [0.15, 0.2) is 17.8 Å². The second-order valence-corrected chi connectivity index (χ2v) is 5.82. The number of benzene rings is 1. The van der Waals surface area contributed by atoms with Crippen LogP contribution in [-0.4, -0.2) is 16.1 Å². The molecule has 0 saturated heterocycles. The average molecular weight is 310 g/mol. The first-order valence-electron chi connectivity index (χ1n) is 8.34. The van der Waals surface area contributed by atoms with Crippen LogP contribution in [0, 0.1) is 0 Å². The number of furan rings is 1. The van der Waals surface area contributed by atoms with Crippen LogP contribution in [0.3, 0.4) is 0 Å². The van der Waals surface area contributed by atoms with E-state index in [1.807, 2.05) is 24.3 Å². The highest BCUT2D eigenvalue weighted by Crippen LogP contribution is 2.29. The zero-order valence-corrected chi connectivity index (χ0v) is 13.5. The summed E-state index contributed by atoms with van der Waals surface area (Å²) in [7, 11) is 0. The molecule has 0 aliphatic rings. The van der Waals surface area contributed by atoms with E-state index in [1.54, 1.807) is 6.07 Å². The zero-order chi connectivity index (χ0) is 16.1. The minimum absolute atomic E-state index is 0.332. The lowest BCUT2D eigenvalue weighted by Gasteiger charge is -2.03. The van der Waals surface area contributed by atoms with Gasteiger partial charge in [-0.15, -0.1) is 0 Å². The second-order valence-electron chi connectivity index (χ2n) is 5.82. The van der Waals surface area contributed by atoms with E-state index in [1.165, 1.54) is 25.7 Å². The third kappa shape index (κ3) is 3.36. The molecule has 3 rings (SSSR count). The molecule has 0 radical (unpaired) electrons. The van der Waals surface area contributed by atoms with Gasteiger partial charge in [0.2, 0.25) is 0 Å². The summed E-state index contributed by atoms with van der Waals surface area (Å²) in [5.41, 5.74) is 1.92. The molecule has 23 heavy (non-hydrogen) atoms. The van der Waals surface area contributed by atoms with E-state index < -0.39 is 0 Å². The van der Waals surface area contributed by atoms with E-state index in [2.05, 4.69) is 17.7 Å². The predicted molar refractivity (Wildman–Crippen MR) is 91.6 cm³/mol. The van der Waals surface area contributed by atoms with Gasteiger partial charge < -0.3 is 4.42 Å². The summed E-state index contributed by atoms with van der Waals surface area (Å²) in [5, 5.41) is 5.79. The fourth-order valence-electron chi connectivity index (χ4n) is 2.89. The third-order valence-corrected chi connectivity index (χ3v) is 4.11. The van der Waals surface area contributed by atoms with E-state index in [9.17, 15) is 4.79 Å². The normalized spacial score (nSPS) is 11.2. The van der Waals surface area contributed by atoms with Crippen molar-refractivity contribution in [3.8, 4) is 11.5 Å². The highest BCUT2D eigenvalue weighted by molar-refractivity contribution is 5.92. The van der Waals surface area contributed by atoms with E-state index >= 15 is 0 Å². The Kier molecular flexibility index (Phi) is 4.91. The summed E-state index contributed by atoms with van der Waals surface area (Å²) in [6.45, 7) is 3.13. The van der Waals surface area contributed by atoms with Crippen molar-refractivity contribution >= 4 is 17.2 Å². The van der Waals surface area contributed by atoms with Crippen LogP contribution in [0.2, 0.25) is 0 Å². The average Bonchev–Trinajstić information content (AvgIpc) is 3.19. The van der Waals surface area contributed by atoms with Crippen molar-refractivity contribution in [2.45, 2.75) is 45.6 Å². The summed E-state index contributed by atoms with van der Waals surface area (Å²) in [6.07, 6.45) is 6.91. The second kappa shape index (κ2) is 7.27. The van der Waals surface area contributed by atoms with Gasteiger partial charge in [-0.05, 0) is 24.6 Å². The van der Waals surface area contributed by atoms with Gasteiger partial charge in [-0.25, -0.2) is 0 Å². The maximum Gasteiger partial charge on any atom is 0.185 e. The molecular weight excluding hydrogens is 288 g/mol. The maximum absolute atomic E-state index is 10.8. The maximum atomic E-state index is 10.8. The van der Waals surface area contributed by atoms with Crippen LogP contribution in [-0.2, 0) is 6.54 Å². The summed E-state index contributed by atoms with van der Waals surface area (Å²) in [4.78, 5) is 10.8. The van der Waals surface area contributed by atoms with Crippen LogP contribution >= 0.6 is 0 Å². The van der Waals surface area contributed by atoms with Crippen LogP contribution in [0.5, 0.6) is 0 Å². The Morgan fingerprint density at radius 1 is 1.09 bits per heavy atom. The molecular formula is C19H22N2O2. The van der Waals surface area contributed by atoms with Gasteiger partial charge in [0.05, 0.1) is 5.52 Å². The Hall–Kier alpha value is -2.36. The fraction of sp³-hybridized carbons (Fsp3) is 0.368. The number of unbranched alkanes of at least 4 members (excludes halogenated alkanes) is 4. The number of carbonyl (C=O) groups excluding carboxylic acids is 1. The highest BCUT2D eigenvalue weighted by atomic mass is 16.3. The third-order valence-electron chi connectivity index (χ3n) is 4.11. The minimum atomic E-state index is 0.332. The number of aromatic nitrogens is 2. The predicted octanol–water partition coefficient (Wildman–Crippen LogP) is 5.08. The molecule has 0 atom stereocenters. The number of rotatable bonds is 8. The molecule has 120 valence electrons. The Morgan fingerprint density at radius 2 is 1.91 bits per heavy atom. The fourth-order valence-corrected chi connectivity index (χ4v) is 2.89. The van der Waals surface area contributed by atoms with Crippen molar-refractivity contribution in [3.05, 3.63) is 42.2 Å². The lowest BCUT2D eigenvalue weighted by atomic mass is 10.1. The zero-order valence-electron chi connectivity index (χ0n) is 13.5. The molecule has 0 aliphatic carbocycles. The molecule has 4 nitrogen and oxygen atoms in total. The molecule has 2 heterocycles. The molecule has 0 amide bonds. The van der Waals surface area contributed by atoms with Crippen molar-refractivity contribution in [2.75, 3.05) is 0 Å². The first kappa shape index (κ1) is 15.5. The van der Waals surface area contributed by atoms with E-state index in [-0.39, 0.29) is 0 Å². The van der Waals surface area contributed by atoms with Gasteiger partial charge in [-0.2, -0.15) is 5.10 Å². The molecule has 0 saturated carbocycles. The van der Waals surface area contributed by atoms with Crippen LogP contribution in [0.1, 0.15) is 49.6 Å². The first-order chi connectivity index (χ1) is 11.3. The molecule has 0 spiro atoms. The van der Waals surface area contributed by atoms with Gasteiger partial charge in [-0.3, -0.25) is 9.48 Å². The SMILES string of the molecule is CCCCCCCn1nc(-c2ccc(C=O)o2)c2ccccc21. The van der Waals surface area contributed by atoms with Gasteiger partial charge >= 0.3 is 0 Å². The monoisotopic (exact) mass is 310 g/mol. The standard InChI is InChI=1S/C19H22N2O2/c1-2-3-4-5-8-13-21-17-10-7-6-9-16(17)19(20-21)18-12-11-15(14-22)23-18/h6-7,9-12,14H,2-5,8,13H2,1H3. The van der Waals surface area contributed by atoms with Gasteiger partial charge in [0, 0.05) is 11.9 Å². The van der Waals surface area contributed by atoms with Crippen molar-refractivity contribution in [3.63, 3.8) is 0 Å². The first-order valence-corrected chi connectivity index (χ1v) is 8.34. The van der Waals surface area contributed by atoms with Crippen LogP contribution in [0.4, 0.5) is 0 Å². The van der Waals surface area contributed by atoms with Crippen molar-refractivity contribution in [2.24, 2.45) is 0 Å². The molecule has 0 fully saturated rings. The minimum Gasteiger partial charge on any atom is -0.452 e. The Labute approximate surface area is 136 Å². The van der Waals surface area contributed by atoms with Crippen molar-refractivity contribution < 1.29 is 9.21 Å². The van der Waals surface area contributed by atoms with Gasteiger partial charge in [-0.1, -0.05) is 50.8 Å². The van der Waals surface area contributed by atoms with E-state index in [0.717, 1.165) is 35.8 Å².